The van der Waals surface area contributed by atoms with Crippen molar-refractivity contribution in [2.45, 2.75) is 51.1 Å². The molecule has 1 amide bonds. The first-order valence-corrected chi connectivity index (χ1v) is 14.5. The Kier molecular flexibility index (Phi) is 7.50. The van der Waals surface area contributed by atoms with Gasteiger partial charge >= 0.3 is 5.97 Å². The molecule has 2 fully saturated rings. The number of thiazole rings is 1. The van der Waals surface area contributed by atoms with Crippen LogP contribution in [0, 0.1) is 0 Å². The molecule has 0 aliphatic carbocycles. The van der Waals surface area contributed by atoms with E-state index in [1.54, 1.807) is 6.20 Å². The highest BCUT2D eigenvalue weighted by Gasteiger charge is 2.44. The predicted octanol–water partition coefficient (Wildman–Crippen LogP) is 2.68. The van der Waals surface area contributed by atoms with E-state index >= 15 is 0 Å². The van der Waals surface area contributed by atoms with Crippen molar-refractivity contribution in [3.8, 4) is 0 Å². The summed E-state index contributed by atoms with van der Waals surface area (Å²) in [5.41, 5.74) is 7.78. The molecule has 38 heavy (non-hydrogen) atoms. The Morgan fingerprint density at radius 1 is 1.26 bits per heavy atom. The van der Waals surface area contributed by atoms with Crippen LogP contribution in [-0.2, 0) is 33.7 Å². The number of nitrogen functional groups attached to an aromatic ring is 1. The lowest BCUT2D eigenvalue weighted by molar-refractivity contribution is -0.148. The number of aromatic nitrogens is 2. The normalized spacial score (nSPS) is 19.3. The fourth-order valence-corrected chi connectivity index (χ4v) is 7.20. The number of carbonyl (C=O) groups excluding carboxylic acids is 1. The van der Waals surface area contributed by atoms with E-state index in [2.05, 4.69) is 14.9 Å². The summed E-state index contributed by atoms with van der Waals surface area (Å²) in [7, 11) is 0. The Bertz CT molecular complexity index is 1390. The van der Waals surface area contributed by atoms with Gasteiger partial charge in [0.25, 0.3) is 11.3 Å². The van der Waals surface area contributed by atoms with Crippen molar-refractivity contribution < 1.29 is 23.5 Å². The lowest BCUT2D eigenvalue weighted by Gasteiger charge is -2.28. The van der Waals surface area contributed by atoms with Crippen LogP contribution in [-0.4, -0.2) is 72.3 Å². The van der Waals surface area contributed by atoms with E-state index in [0.29, 0.717) is 17.2 Å². The van der Waals surface area contributed by atoms with Crippen molar-refractivity contribution in [2.24, 2.45) is 0 Å². The number of hydrogen-bond acceptors (Lipinski definition) is 8. The number of likely N-dealkylation sites (tertiary alicyclic amines) is 1. The van der Waals surface area contributed by atoms with Crippen LogP contribution in [0.2, 0.25) is 0 Å². The highest BCUT2D eigenvalue weighted by Crippen LogP contribution is 2.36. The maximum absolute atomic E-state index is 13.6. The molecular weight excluding hydrogens is 528 g/mol. The van der Waals surface area contributed by atoms with Gasteiger partial charge in [-0.05, 0) is 54.3 Å². The van der Waals surface area contributed by atoms with Gasteiger partial charge in [-0.3, -0.25) is 9.35 Å². The zero-order chi connectivity index (χ0) is 27.0. The number of carboxylic acids is 1. The Hall–Kier alpha value is -3.29. The quantitative estimate of drug-likeness (QED) is 0.336. The molecule has 4 heterocycles. The van der Waals surface area contributed by atoms with E-state index in [1.165, 1.54) is 22.4 Å². The van der Waals surface area contributed by atoms with Crippen LogP contribution in [0.25, 0.3) is 10.8 Å². The largest absolute Gasteiger partial charge is 0.480 e. The molecule has 13 heteroatoms. The number of amides is 1. The number of carbonyl (C=O) groups is 2. The van der Waals surface area contributed by atoms with Gasteiger partial charge in [0.1, 0.15) is 22.9 Å². The first kappa shape index (κ1) is 26.3. The van der Waals surface area contributed by atoms with E-state index in [-0.39, 0.29) is 19.4 Å². The topological polar surface area (TPSA) is 153 Å². The van der Waals surface area contributed by atoms with E-state index in [4.69, 9.17) is 5.73 Å². The van der Waals surface area contributed by atoms with Gasteiger partial charge in [-0.1, -0.05) is 24.3 Å². The van der Waals surface area contributed by atoms with Gasteiger partial charge in [0.2, 0.25) is 5.91 Å². The number of nitrogens with zero attached hydrogens (tertiary/aromatic N) is 5. The highest BCUT2D eigenvalue weighted by atomic mass is 32.2. The van der Waals surface area contributed by atoms with Gasteiger partial charge in [-0.2, -0.15) is 0 Å². The number of aryl methyl sites for hydroxylation is 1. The average Bonchev–Trinajstić information content (AvgIpc) is 3.65. The zero-order valence-electron chi connectivity index (χ0n) is 20.9. The van der Waals surface area contributed by atoms with Gasteiger partial charge in [-0.15, -0.1) is 0 Å². The van der Waals surface area contributed by atoms with E-state index in [9.17, 15) is 23.5 Å². The van der Waals surface area contributed by atoms with Crippen molar-refractivity contribution in [3.05, 3.63) is 41.7 Å². The van der Waals surface area contributed by atoms with E-state index < -0.39 is 35.2 Å². The van der Waals surface area contributed by atoms with Crippen LogP contribution >= 0.6 is 11.3 Å². The molecule has 0 bridgehead atoms. The molecule has 1 unspecified atom stereocenters. The fourth-order valence-electron chi connectivity index (χ4n) is 5.36. The molecular formula is C25H30N6O5S2. The molecule has 2 aliphatic heterocycles. The molecule has 202 valence electrons. The minimum Gasteiger partial charge on any atom is -0.480 e. The zero-order valence-corrected chi connectivity index (χ0v) is 22.6. The standard InChI is InChI=1S/C25H30N6O5S2/c1-2-15-12-18-16(5-7-27-22(18)26)11-17(15)13-20(24(33)34)30-10-6-19(23(30)32)31(38(35)36)21-14-28-25(37-21)29-8-3-4-9-29/h5,7,11-12,14,19-20H,2-4,6,8-10,13H2,1H3,(H2,26,27)(H,33,34)(H,35,36)/t19-,20+/m0/s1. The number of nitrogens with two attached hydrogens (primary N) is 1. The third-order valence-electron chi connectivity index (χ3n) is 7.31. The molecule has 2 aromatic heterocycles. The minimum atomic E-state index is -2.48. The molecule has 0 spiro atoms. The van der Waals surface area contributed by atoms with Crippen molar-refractivity contribution in [2.75, 3.05) is 34.6 Å². The summed E-state index contributed by atoms with van der Waals surface area (Å²) >= 11 is -1.21. The van der Waals surface area contributed by atoms with E-state index in [0.717, 1.165) is 57.3 Å². The maximum Gasteiger partial charge on any atom is 0.326 e. The van der Waals surface area contributed by atoms with Crippen LogP contribution in [0.4, 0.5) is 16.0 Å². The van der Waals surface area contributed by atoms with E-state index in [1.807, 2.05) is 25.1 Å². The molecule has 4 N–H and O–H groups in total. The predicted molar refractivity (Wildman–Crippen MR) is 148 cm³/mol. The summed E-state index contributed by atoms with van der Waals surface area (Å²) in [6.45, 7) is 3.90. The molecule has 2 aliphatic rings. The summed E-state index contributed by atoms with van der Waals surface area (Å²) in [6, 6.07) is 3.58. The monoisotopic (exact) mass is 558 g/mol. The number of aliphatic carboxylic acids is 1. The SMILES string of the molecule is CCc1cc2c(N)nccc2cc1C[C@H](C(=O)O)N1CC[C@H](N(c2cnc(N3CCCC3)s2)S(=O)O)C1=O. The molecule has 11 nitrogen and oxygen atoms in total. The Morgan fingerprint density at radius 2 is 2.03 bits per heavy atom. The van der Waals surface area contributed by atoms with Gasteiger partial charge in [0.05, 0.1) is 6.20 Å². The third kappa shape index (κ3) is 4.93. The Morgan fingerprint density at radius 3 is 2.71 bits per heavy atom. The average molecular weight is 559 g/mol. The number of hydrogen-bond donors (Lipinski definition) is 3. The number of carboxylic acid groups (broad SMARTS) is 1. The Balaban J connectivity index is 1.40. The van der Waals surface area contributed by atoms with Crippen molar-refractivity contribution >= 4 is 61.2 Å². The molecule has 2 saturated heterocycles. The number of anilines is 3. The van der Waals surface area contributed by atoms with Crippen LogP contribution in [0.5, 0.6) is 0 Å². The summed E-state index contributed by atoms with van der Waals surface area (Å²) in [4.78, 5) is 38.0. The summed E-state index contributed by atoms with van der Waals surface area (Å²) in [5, 5.41) is 13.0. The van der Waals surface area contributed by atoms with Gasteiger partial charge in [0, 0.05) is 37.6 Å². The lowest BCUT2D eigenvalue weighted by Crippen LogP contribution is -2.48. The number of rotatable bonds is 9. The smallest absolute Gasteiger partial charge is 0.326 e. The van der Waals surface area contributed by atoms with Gasteiger partial charge in [0.15, 0.2) is 5.13 Å². The second-order valence-corrected chi connectivity index (χ2v) is 11.4. The van der Waals surface area contributed by atoms with Crippen LogP contribution in [0.15, 0.2) is 30.6 Å². The molecule has 5 rings (SSSR count). The van der Waals surface area contributed by atoms with Gasteiger partial charge in [-0.25, -0.2) is 23.3 Å². The first-order chi connectivity index (χ1) is 18.3. The van der Waals surface area contributed by atoms with Crippen LogP contribution in [0.3, 0.4) is 0 Å². The van der Waals surface area contributed by atoms with Crippen molar-refractivity contribution in [1.82, 2.24) is 14.9 Å². The number of fused-ring (bicyclic) bond motifs is 1. The summed E-state index contributed by atoms with van der Waals surface area (Å²) < 4.78 is 23.7. The highest BCUT2D eigenvalue weighted by molar-refractivity contribution is 7.81. The van der Waals surface area contributed by atoms with Gasteiger partial charge < -0.3 is 20.6 Å². The Labute approximate surface area is 226 Å². The third-order valence-corrected chi connectivity index (χ3v) is 9.27. The lowest BCUT2D eigenvalue weighted by atomic mass is 9.94. The molecule has 1 aromatic carbocycles. The second-order valence-electron chi connectivity index (χ2n) is 9.52. The fraction of sp³-hybridized carbons (Fsp3) is 0.440. The molecule has 3 aromatic rings. The maximum atomic E-state index is 13.6. The summed E-state index contributed by atoms with van der Waals surface area (Å²) in [6.07, 6.45) is 6.25. The number of benzene rings is 1. The molecule has 0 saturated carbocycles. The minimum absolute atomic E-state index is 0.108. The van der Waals surface area contributed by atoms with Crippen molar-refractivity contribution in [3.63, 3.8) is 0 Å². The first-order valence-electron chi connectivity index (χ1n) is 12.6. The molecule has 0 radical (unpaired) electrons. The summed E-state index contributed by atoms with van der Waals surface area (Å²) in [5.74, 6) is -1.20. The second kappa shape index (κ2) is 10.8. The van der Waals surface area contributed by atoms with Crippen LogP contribution in [0.1, 0.15) is 37.3 Å². The van der Waals surface area contributed by atoms with Crippen molar-refractivity contribution in [1.29, 1.82) is 0 Å². The number of pyridine rings is 1. The molecule has 3 atom stereocenters. The van der Waals surface area contributed by atoms with Crippen LogP contribution < -0.4 is 14.9 Å².